The fourth-order valence-corrected chi connectivity index (χ4v) is 0.579. The molecule has 0 atom stereocenters. The maximum atomic E-state index is 12.4. The second kappa shape index (κ2) is 2.49. The predicted octanol–water partition coefficient (Wildman–Crippen LogP) is 0.422. The Balaban J connectivity index is 3.35. The first-order valence-corrected chi connectivity index (χ1v) is 2.64. The molecule has 0 bridgehead atoms. The number of halogens is 1. The number of aromatic nitrogens is 1. The van der Waals surface area contributed by atoms with E-state index in [0.29, 0.717) is 0 Å². The topological polar surface area (TPSA) is 76.0 Å². The smallest absolute Gasteiger partial charge is 0.358 e. The summed E-state index contributed by atoms with van der Waals surface area (Å²) in [5.41, 5.74) is -0.696. The molecular formula is C5H3FN2O3. The first-order chi connectivity index (χ1) is 5.11. The molecular weight excluding hydrogens is 155 g/mol. The predicted molar refractivity (Wildman–Crippen MR) is 33.7 cm³/mol. The minimum Gasteiger partial charge on any atom is -0.358 e. The van der Waals surface area contributed by atoms with Crippen molar-refractivity contribution in [3.63, 3.8) is 0 Å². The second-order valence-corrected chi connectivity index (χ2v) is 1.78. The highest BCUT2D eigenvalue weighted by Gasteiger charge is 2.11. The van der Waals surface area contributed by atoms with Gasteiger partial charge in [0, 0.05) is 6.07 Å². The van der Waals surface area contributed by atoms with Crippen LogP contribution >= 0.6 is 0 Å². The molecule has 0 saturated carbocycles. The molecule has 1 heterocycles. The molecule has 6 heteroatoms. The van der Waals surface area contributed by atoms with Crippen LogP contribution in [0.2, 0.25) is 0 Å². The van der Waals surface area contributed by atoms with Gasteiger partial charge >= 0.3 is 11.4 Å². The van der Waals surface area contributed by atoms with E-state index in [9.17, 15) is 19.3 Å². The number of H-pyrrole nitrogens is 1. The van der Waals surface area contributed by atoms with E-state index < -0.39 is 22.1 Å². The average Bonchev–Trinajstić information content (AvgIpc) is 1.94. The van der Waals surface area contributed by atoms with Crippen LogP contribution < -0.4 is 5.56 Å². The van der Waals surface area contributed by atoms with Gasteiger partial charge in [0.2, 0.25) is 5.82 Å². The molecule has 0 fully saturated rings. The van der Waals surface area contributed by atoms with E-state index >= 15 is 0 Å². The SMILES string of the molecule is O=c1ccc(F)c([N+](=O)[O-])[nH]1. The van der Waals surface area contributed by atoms with Crippen LogP contribution in [0.15, 0.2) is 16.9 Å². The minimum absolute atomic E-state index is 0.696. The summed E-state index contributed by atoms with van der Waals surface area (Å²) < 4.78 is 12.4. The lowest BCUT2D eigenvalue weighted by Gasteiger charge is -1.92. The zero-order valence-electron chi connectivity index (χ0n) is 5.20. The van der Waals surface area contributed by atoms with Gasteiger partial charge in [-0.15, -0.1) is 0 Å². The summed E-state index contributed by atoms with van der Waals surface area (Å²) >= 11 is 0. The number of nitro groups is 1. The van der Waals surface area contributed by atoms with E-state index in [1.165, 1.54) is 0 Å². The van der Waals surface area contributed by atoms with Gasteiger partial charge in [0.1, 0.15) is 0 Å². The van der Waals surface area contributed by atoms with Crippen LogP contribution in [-0.4, -0.2) is 9.91 Å². The first-order valence-electron chi connectivity index (χ1n) is 2.64. The van der Waals surface area contributed by atoms with E-state index in [1.54, 1.807) is 4.98 Å². The van der Waals surface area contributed by atoms with Crippen LogP contribution in [-0.2, 0) is 0 Å². The Kier molecular flexibility index (Phi) is 1.67. The minimum atomic E-state index is -1.05. The summed E-state index contributed by atoms with van der Waals surface area (Å²) in [6.45, 7) is 0. The highest BCUT2D eigenvalue weighted by Crippen LogP contribution is 2.08. The van der Waals surface area contributed by atoms with E-state index in [0.717, 1.165) is 12.1 Å². The van der Waals surface area contributed by atoms with Crippen molar-refractivity contribution < 1.29 is 9.31 Å². The third-order valence-electron chi connectivity index (χ3n) is 1.03. The summed E-state index contributed by atoms with van der Waals surface area (Å²) in [6.07, 6.45) is 0. The molecule has 0 aromatic carbocycles. The van der Waals surface area contributed by atoms with Gasteiger partial charge < -0.3 is 10.1 Å². The fourth-order valence-electron chi connectivity index (χ4n) is 0.579. The Bertz CT molecular complexity index is 346. The number of hydrogen-bond donors (Lipinski definition) is 1. The van der Waals surface area contributed by atoms with Crippen molar-refractivity contribution in [1.29, 1.82) is 0 Å². The summed E-state index contributed by atoms with van der Waals surface area (Å²) in [7, 11) is 0. The number of pyridine rings is 1. The van der Waals surface area contributed by atoms with Crippen molar-refractivity contribution in [3.8, 4) is 0 Å². The number of rotatable bonds is 1. The molecule has 11 heavy (non-hydrogen) atoms. The van der Waals surface area contributed by atoms with Crippen LogP contribution in [0, 0.1) is 15.9 Å². The van der Waals surface area contributed by atoms with Crippen LogP contribution in [0.1, 0.15) is 0 Å². The molecule has 0 aliphatic rings. The average molecular weight is 158 g/mol. The Morgan fingerprint density at radius 3 is 2.64 bits per heavy atom. The van der Waals surface area contributed by atoms with Gasteiger partial charge in [-0.1, -0.05) is 0 Å². The Morgan fingerprint density at radius 1 is 1.55 bits per heavy atom. The van der Waals surface area contributed by atoms with Crippen molar-refractivity contribution in [2.24, 2.45) is 0 Å². The van der Waals surface area contributed by atoms with Gasteiger partial charge in [-0.3, -0.25) is 0 Å². The van der Waals surface area contributed by atoms with E-state index in [1.807, 2.05) is 0 Å². The normalized spacial score (nSPS) is 9.55. The van der Waals surface area contributed by atoms with E-state index in [-0.39, 0.29) is 0 Å². The van der Waals surface area contributed by atoms with Gasteiger partial charge in [0.15, 0.2) is 0 Å². The lowest BCUT2D eigenvalue weighted by molar-refractivity contribution is -0.392. The molecule has 0 aliphatic carbocycles. The molecule has 1 aromatic heterocycles. The zero-order valence-corrected chi connectivity index (χ0v) is 5.20. The van der Waals surface area contributed by atoms with Crippen molar-refractivity contribution in [2.45, 2.75) is 0 Å². The number of aromatic amines is 1. The van der Waals surface area contributed by atoms with Crippen LogP contribution in [0.5, 0.6) is 0 Å². The third kappa shape index (κ3) is 1.40. The van der Waals surface area contributed by atoms with Crippen LogP contribution in [0.4, 0.5) is 10.2 Å². The quantitative estimate of drug-likeness (QED) is 0.475. The number of nitrogens with one attached hydrogen (secondary N) is 1. The highest BCUT2D eigenvalue weighted by molar-refractivity contribution is 5.19. The van der Waals surface area contributed by atoms with E-state index in [2.05, 4.69) is 0 Å². The van der Waals surface area contributed by atoms with Crippen LogP contribution in [0.25, 0.3) is 0 Å². The van der Waals surface area contributed by atoms with Crippen molar-refractivity contribution in [2.75, 3.05) is 0 Å². The molecule has 0 aliphatic heterocycles. The molecule has 1 N–H and O–H groups in total. The van der Waals surface area contributed by atoms with Crippen LogP contribution in [0.3, 0.4) is 0 Å². The monoisotopic (exact) mass is 158 g/mol. The van der Waals surface area contributed by atoms with Gasteiger partial charge in [-0.2, -0.15) is 4.39 Å². The third-order valence-corrected chi connectivity index (χ3v) is 1.03. The number of hydrogen-bond acceptors (Lipinski definition) is 3. The molecule has 0 amide bonds. The molecule has 0 unspecified atom stereocenters. The van der Waals surface area contributed by atoms with Crippen molar-refractivity contribution in [1.82, 2.24) is 4.98 Å². The molecule has 0 saturated heterocycles. The lowest BCUT2D eigenvalue weighted by atomic mass is 10.4. The number of nitrogens with zero attached hydrogens (tertiary/aromatic N) is 1. The maximum Gasteiger partial charge on any atom is 0.359 e. The highest BCUT2D eigenvalue weighted by atomic mass is 19.1. The second-order valence-electron chi connectivity index (χ2n) is 1.78. The summed E-state index contributed by atoms with van der Waals surface area (Å²) in [5, 5.41) is 9.97. The Morgan fingerprint density at radius 2 is 2.18 bits per heavy atom. The zero-order chi connectivity index (χ0) is 8.43. The van der Waals surface area contributed by atoms with Gasteiger partial charge in [0.05, 0.1) is 0 Å². The fraction of sp³-hybridized carbons (Fsp3) is 0. The Labute approximate surface area is 59.6 Å². The lowest BCUT2D eigenvalue weighted by Crippen LogP contribution is -2.08. The molecule has 1 aromatic rings. The molecule has 58 valence electrons. The Hall–Kier alpha value is -1.72. The molecule has 0 radical (unpaired) electrons. The summed E-state index contributed by atoms with van der Waals surface area (Å²) in [4.78, 5) is 21.1. The van der Waals surface area contributed by atoms with E-state index in [4.69, 9.17) is 0 Å². The maximum absolute atomic E-state index is 12.4. The largest absolute Gasteiger partial charge is 0.359 e. The first kappa shape index (κ1) is 7.39. The van der Waals surface area contributed by atoms with Crippen molar-refractivity contribution >= 4 is 5.82 Å². The standard InChI is InChI=1S/C5H3FN2O3/c6-3-1-2-4(9)7-5(3)8(10)11/h1-2H,(H,7,9). The molecule has 5 nitrogen and oxygen atoms in total. The van der Waals surface area contributed by atoms with Gasteiger partial charge in [-0.25, -0.2) is 9.78 Å². The molecule has 0 spiro atoms. The van der Waals surface area contributed by atoms with Gasteiger partial charge in [0.25, 0.3) is 0 Å². The summed E-state index contributed by atoms with van der Waals surface area (Å²) in [5.74, 6) is -1.95. The van der Waals surface area contributed by atoms with Gasteiger partial charge in [-0.05, 0) is 11.0 Å². The summed E-state index contributed by atoms with van der Waals surface area (Å²) in [6, 6.07) is 1.62. The van der Waals surface area contributed by atoms with Crippen molar-refractivity contribution in [3.05, 3.63) is 38.4 Å². The molecule has 1 rings (SSSR count).